The first kappa shape index (κ1) is 19.4. The van der Waals surface area contributed by atoms with Gasteiger partial charge in [0.05, 0.1) is 12.1 Å². The van der Waals surface area contributed by atoms with E-state index in [1.165, 1.54) is 43.4 Å². The van der Waals surface area contributed by atoms with Gasteiger partial charge in [0.15, 0.2) is 6.61 Å². The van der Waals surface area contributed by atoms with Crippen molar-refractivity contribution in [1.82, 2.24) is 4.90 Å². The van der Waals surface area contributed by atoms with Crippen LogP contribution in [-0.4, -0.2) is 42.9 Å². The molecule has 0 aliphatic heterocycles. The molecular weight excluding hydrogens is 363 g/mol. The van der Waals surface area contributed by atoms with Gasteiger partial charge in [-0.05, 0) is 42.5 Å². The molecule has 136 valence electrons. The van der Waals surface area contributed by atoms with Gasteiger partial charge >= 0.3 is 5.97 Å². The number of halogens is 2. The summed E-state index contributed by atoms with van der Waals surface area (Å²) in [6, 6.07) is 11.4. The molecule has 0 heterocycles. The number of hydrogen-bond donors (Lipinski definition) is 1. The van der Waals surface area contributed by atoms with E-state index in [0.717, 1.165) is 4.90 Å². The zero-order chi connectivity index (χ0) is 19.1. The van der Waals surface area contributed by atoms with Gasteiger partial charge in [-0.2, -0.15) is 0 Å². The minimum Gasteiger partial charge on any atom is -0.452 e. The number of carbonyl (C=O) groups is 3. The summed E-state index contributed by atoms with van der Waals surface area (Å²) in [5.74, 6) is -2.12. The van der Waals surface area contributed by atoms with Crippen LogP contribution in [0.5, 0.6) is 0 Å². The van der Waals surface area contributed by atoms with Crippen LogP contribution in [-0.2, 0) is 14.3 Å². The number of ether oxygens (including phenoxy) is 1. The molecule has 0 spiro atoms. The number of amides is 2. The second kappa shape index (κ2) is 8.96. The standard InChI is InChI=1S/C18H16ClFN2O4/c1-22(10-16(23)21-15-7-5-14(20)6-8-15)17(24)11-26-18(25)12-3-2-4-13(19)9-12/h2-9H,10-11H2,1H3,(H,21,23). The molecule has 0 saturated heterocycles. The van der Waals surface area contributed by atoms with Crippen LogP contribution >= 0.6 is 11.6 Å². The Morgan fingerprint density at radius 2 is 1.85 bits per heavy atom. The summed E-state index contributed by atoms with van der Waals surface area (Å²) in [7, 11) is 1.40. The van der Waals surface area contributed by atoms with Crippen LogP contribution in [0.4, 0.5) is 10.1 Å². The molecule has 0 saturated carbocycles. The Bertz CT molecular complexity index is 811. The number of rotatable bonds is 6. The molecule has 0 radical (unpaired) electrons. The number of likely N-dealkylation sites (N-methyl/N-ethyl adjacent to an activating group) is 1. The van der Waals surface area contributed by atoms with Crippen molar-refractivity contribution >= 4 is 35.1 Å². The first-order valence-corrected chi connectivity index (χ1v) is 7.95. The van der Waals surface area contributed by atoms with E-state index in [1.54, 1.807) is 12.1 Å². The summed E-state index contributed by atoms with van der Waals surface area (Å²) in [5.41, 5.74) is 0.631. The number of hydrogen-bond acceptors (Lipinski definition) is 4. The third-order valence-electron chi connectivity index (χ3n) is 3.32. The van der Waals surface area contributed by atoms with Crippen LogP contribution in [0.3, 0.4) is 0 Å². The average molecular weight is 379 g/mol. The minimum atomic E-state index is -0.690. The van der Waals surface area contributed by atoms with Crippen molar-refractivity contribution in [1.29, 1.82) is 0 Å². The third-order valence-corrected chi connectivity index (χ3v) is 3.56. The van der Waals surface area contributed by atoms with Gasteiger partial charge in [-0.1, -0.05) is 17.7 Å². The molecule has 2 rings (SSSR count). The normalized spacial score (nSPS) is 10.1. The Morgan fingerprint density at radius 3 is 2.50 bits per heavy atom. The van der Waals surface area contributed by atoms with E-state index in [2.05, 4.69) is 5.32 Å². The molecule has 0 fully saturated rings. The smallest absolute Gasteiger partial charge is 0.338 e. The summed E-state index contributed by atoms with van der Waals surface area (Å²) in [4.78, 5) is 36.8. The number of anilines is 1. The van der Waals surface area contributed by atoms with E-state index in [9.17, 15) is 18.8 Å². The second-order valence-electron chi connectivity index (χ2n) is 5.39. The van der Waals surface area contributed by atoms with Crippen molar-refractivity contribution in [2.24, 2.45) is 0 Å². The molecule has 0 aliphatic rings. The quantitative estimate of drug-likeness (QED) is 0.784. The molecule has 0 aliphatic carbocycles. The molecular formula is C18H16ClFN2O4. The largest absolute Gasteiger partial charge is 0.452 e. The summed E-state index contributed by atoms with van der Waals surface area (Å²) >= 11 is 5.79. The van der Waals surface area contributed by atoms with Crippen LogP contribution in [0.2, 0.25) is 5.02 Å². The molecule has 1 N–H and O–H groups in total. The Kier molecular flexibility index (Phi) is 6.68. The van der Waals surface area contributed by atoms with Crippen molar-refractivity contribution in [3.05, 3.63) is 64.9 Å². The van der Waals surface area contributed by atoms with Gasteiger partial charge in [-0.15, -0.1) is 0 Å². The lowest BCUT2D eigenvalue weighted by Gasteiger charge is -2.16. The average Bonchev–Trinajstić information content (AvgIpc) is 2.61. The molecule has 0 aromatic heterocycles. The summed E-state index contributed by atoms with van der Waals surface area (Å²) in [6.07, 6.45) is 0. The van der Waals surface area contributed by atoms with Gasteiger partial charge in [-0.25, -0.2) is 9.18 Å². The van der Waals surface area contributed by atoms with Gasteiger partial charge in [0.25, 0.3) is 5.91 Å². The number of benzene rings is 2. The molecule has 0 unspecified atom stereocenters. The zero-order valence-electron chi connectivity index (χ0n) is 13.9. The topological polar surface area (TPSA) is 75.7 Å². The SMILES string of the molecule is CN(CC(=O)Nc1ccc(F)cc1)C(=O)COC(=O)c1cccc(Cl)c1. The fourth-order valence-electron chi connectivity index (χ4n) is 1.97. The third kappa shape index (κ3) is 5.86. The van der Waals surface area contributed by atoms with Crippen molar-refractivity contribution < 1.29 is 23.5 Å². The highest BCUT2D eigenvalue weighted by molar-refractivity contribution is 6.30. The van der Waals surface area contributed by atoms with Gasteiger partial charge in [0.2, 0.25) is 5.91 Å². The minimum absolute atomic E-state index is 0.224. The van der Waals surface area contributed by atoms with Gasteiger partial charge in [0, 0.05) is 17.8 Å². The van der Waals surface area contributed by atoms with Crippen LogP contribution in [0.15, 0.2) is 48.5 Å². The molecule has 0 bridgehead atoms. The van der Waals surface area contributed by atoms with E-state index in [0.29, 0.717) is 10.7 Å². The Morgan fingerprint density at radius 1 is 1.15 bits per heavy atom. The molecule has 2 amide bonds. The number of nitrogens with zero attached hydrogens (tertiary/aromatic N) is 1. The number of nitrogens with one attached hydrogen (secondary N) is 1. The van der Waals surface area contributed by atoms with E-state index >= 15 is 0 Å². The van der Waals surface area contributed by atoms with Crippen LogP contribution in [0, 0.1) is 5.82 Å². The second-order valence-corrected chi connectivity index (χ2v) is 5.83. The molecule has 26 heavy (non-hydrogen) atoms. The molecule has 2 aromatic rings. The predicted molar refractivity (Wildman–Crippen MR) is 94.4 cm³/mol. The van der Waals surface area contributed by atoms with Gasteiger partial charge in [0.1, 0.15) is 5.82 Å². The highest BCUT2D eigenvalue weighted by atomic mass is 35.5. The van der Waals surface area contributed by atoms with Crippen LogP contribution < -0.4 is 5.32 Å². The molecule has 0 atom stereocenters. The highest BCUT2D eigenvalue weighted by Gasteiger charge is 2.16. The lowest BCUT2D eigenvalue weighted by atomic mass is 10.2. The van der Waals surface area contributed by atoms with E-state index < -0.39 is 30.2 Å². The Balaban J connectivity index is 1.80. The first-order chi connectivity index (χ1) is 12.3. The fraction of sp³-hybridized carbons (Fsp3) is 0.167. The van der Waals surface area contributed by atoms with Gasteiger partial charge < -0.3 is 15.0 Å². The van der Waals surface area contributed by atoms with Crippen molar-refractivity contribution in [3.63, 3.8) is 0 Å². The summed E-state index contributed by atoms with van der Waals surface area (Å²) < 4.78 is 17.7. The Labute approximate surface area is 154 Å². The molecule has 8 heteroatoms. The predicted octanol–water partition coefficient (Wildman–Crippen LogP) is 2.73. The highest BCUT2D eigenvalue weighted by Crippen LogP contribution is 2.11. The van der Waals surface area contributed by atoms with Gasteiger partial charge in [-0.3, -0.25) is 9.59 Å². The number of esters is 1. The summed E-state index contributed by atoms with van der Waals surface area (Å²) in [5, 5.41) is 2.91. The van der Waals surface area contributed by atoms with Crippen molar-refractivity contribution in [2.45, 2.75) is 0 Å². The Hall–Kier alpha value is -2.93. The van der Waals surface area contributed by atoms with E-state index in [-0.39, 0.29) is 12.1 Å². The molecule has 2 aromatic carbocycles. The first-order valence-electron chi connectivity index (χ1n) is 7.57. The van der Waals surface area contributed by atoms with Crippen molar-refractivity contribution in [2.75, 3.05) is 25.5 Å². The van der Waals surface area contributed by atoms with Crippen LogP contribution in [0.25, 0.3) is 0 Å². The van der Waals surface area contributed by atoms with Crippen molar-refractivity contribution in [3.8, 4) is 0 Å². The maximum absolute atomic E-state index is 12.8. The number of carbonyl (C=O) groups excluding carboxylic acids is 3. The summed E-state index contributed by atoms with van der Waals surface area (Å²) in [6.45, 7) is -0.753. The van der Waals surface area contributed by atoms with E-state index in [4.69, 9.17) is 16.3 Å². The zero-order valence-corrected chi connectivity index (χ0v) is 14.6. The van der Waals surface area contributed by atoms with Crippen LogP contribution in [0.1, 0.15) is 10.4 Å². The maximum atomic E-state index is 12.8. The lowest BCUT2D eigenvalue weighted by molar-refractivity contribution is -0.136. The maximum Gasteiger partial charge on any atom is 0.338 e. The fourth-order valence-corrected chi connectivity index (χ4v) is 2.16. The molecule has 6 nitrogen and oxygen atoms in total. The monoisotopic (exact) mass is 378 g/mol. The lowest BCUT2D eigenvalue weighted by Crippen LogP contribution is -2.37. The van der Waals surface area contributed by atoms with E-state index in [1.807, 2.05) is 0 Å².